The quantitative estimate of drug-likeness (QED) is 0.370. The van der Waals surface area contributed by atoms with E-state index < -0.39 is 10.8 Å². The lowest BCUT2D eigenvalue weighted by atomic mass is 9.36. The standard InChI is InChI=1S/C31H43NO3/c1-19-10-13-31(26(34)35-7)15-14-28(4)22(25(31)20(19)2)8-9-24-29(28,5)12-11-23-27(3,18-33)16-21(17-32)30(23,24)6/h8,11,16,19-20,24-25,33H,9-10,12-15,18H2,1-7H3/t19-,20+,24+,25-,27+,28-,29-,30+,31+/m1/s1. The van der Waals surface area contributed by atoms with Gasteiger partial charge in [-0.25, -0.2) is 0 Å². The first kappa shape index (κ1) is 24.8. The van der Waals surface area contributed by atoms with Crippen molar-refractivity contribution in [2.45, 2.75) is 80.1 Å². The molecule has 0 radical (unpaired) electrons. The molecule has 0 spiro atoms. The van der Waals surface area contributed by atoms with Gasteiger partial charge >= 0.3 is 5.97 Å². The molecule has 0 amide bonds. The summed E-state index contributed by atoms with van der Waals surface area (Å²) in [5.74, 6) is 1.49. The number of aliphatic hydroxyl groups excluding tert-OH is 1. The van der Waals surface area contributed by atoms with E-state index in [1.54, 1.807) is 7.11 Å². The van der Waals surface area contributed by atoms with Crippen molar-refractivity contribution in [2.24, 2.45) is 50.7 Å². The highest BCUT2D eigenvalue weighted by molar-refractivity contribution is 5.78. The normalized spacial score (nSPS) is 50.3. The van der Waals surface area contributed by atoms with Crippen molar-refractivity contribution in [3.63, 3.8) is 0 Å². The lowest BCUT2D eigenvalue weighted by Crippen LogP contribution is -2.61. The van der Waals surface area contributed by atoms with E-state index in [1.807, 2.05) is 6.08 Å². The molecule has 5 aliphatic rings. The molecule has 1 N–H and O–H groups in total. The van der Waals surface area contributed by atoms with Crippen LogP contribution >= 0.6 is 0 Å². The van der Waals surface area contributed by atoms with Crippen molar-refractivity contribution in [1.29, 1.82) is 5.26 Å². The number of rotatable bonds is 2. The first-order valence-electron chi connectivity index (χ1n) is 13.6. The molecule has 0 saturated heterocycles. The van der Waals surface area contributed by atoms with E-state index in [0.717, 1.165) is 44.1 Å². The predicted molar refractivity (Wildman–Crippen MR) is 137 cm³/mol. The maximum Gasteiger partial charge on any atom is 0.312 e. The molecule has 4 heteroatoms. The first-order chi connectivity index (χ1) is 16.4. The van der Waals surface area contributed by atoms with Crippen LogP contribution in [0.1, 0.15) is 80.1 Å². The van der Waals surface area contributed by atoms with Gasteiger partial charge in [0.2, 0.25) is 0 Å². The number of allylic oxidation sites excluding steroid dienone is 4. The van der Waals surface area contributed by atoms with E-state index in [0.29, 0.717) is 11.8 Å². The van der Waals surface area contributed by atoms with Crippen molar-refractivity contribution in [1.82, 2.24) is 0 Å². The minimum atomic E-state index is -0.466. The van der Waals surface area contributed by atoms with Crippen molar-refractivity contribution in [3.05, 3.63) is 34.9 Å². The van der Waals surface area contributed by atoms with Crippen LogP contribution in [0.5, 0.6) is 0 Å². The third-order valence-electron chi connectivity index (χ3n) is 12.4. The highest BCUT2D eigenvalue weighted by Crippen LogP contribution is 2.75. The Balaban J connectivity index is 1.67. The molecule has 5 aliphatic carbocycles. The third-order valence-corrected chi connectivity index (χ3v) is 12.4. The largest absolute Gasteiger partial charge is 0.469 e. The molecule has 0 aromatic heterocycles. The monoisotopic (exact) mass is 477 g/mol. The fourth-order valence-electron chi connectivity index (χ4n) is 9.89. The van der Waals surface area contributed by atoms with Gasteiger partial charge in [0.05, 0.1) is 25.2 Å². The van der Waals surface area contributed by atoms with Crippen LogP contribution in [0.2, 0.25) is 0 Å². The second-order valence-corrected chi connectivity index (χ2v) is 13.5. The Morgan fingerprint density at radius 3 is 2.51 bits per heavy atom. The molecule has 2 fully saturated rings. The Morgan fingerprint density at radius 2 is 1.89 bits per heavy atom. The Kier molecular flexibility index (Phi) is 5.37. The Bertz CT molecular complexity index is 1090. The van der Waals surface area contributed by atoms with E-state index >= 15 is 0 Å². The van der Waals surface area contributed by atoms with E-state index in [1.165, 1.54) is 11.1 Å². The van der Waals surface area contributed by atoms with Gasteiger partial charge in [-0.1, -0.05) is 70.9 Å². The summed E-state index contributed by atoms with van der Waals surface area (Å²) < 4.78 is 5.47. The number of esters is 1. The van der Waals surface area contributed by atoms with Crippen molar-refractivity contribution in [2.75, 3.05) is 13.7 Å². The van der Waals surface area contributed by atoms with E-state index in [2.05, 4.69) is 59.8 Å². The van der Waals surface area contributed by atoms with Crippen LogP contribution < -0.4 is 0 Å². The Hall–Kier alpha value is -1.86. The maximum atomic E-state index is 13.4. The van der Waals surface area contributed by atoms with Crippen molar-refractivity contribution in [3.8, 4) is 6.07 Å². The number of carbonyl (C=O) groups is 1. The van der Waals surface area contributed by atoms with Gasteiger partial charge in [-0.2, -0.15) is 5.26 Å². The summed E-state index contributed by atoms with van der Waals surface area (Å²) in [6.07, 6.45) is 12.6. The highest BCUT2D eigenvalue weighted by Gasteiger charge is 2.69. The smallest absolute Gasteiger partial charge is 0.312 e. The van der Waals surface area contributed by atoms with Gasteiger partial charge in [0.25, 0.3) is 0 Å². The van der Waals surface area contributed by atoms with Gasteiger partial charge in [0.1, 0.15) is 0 Å². The molecule has 0 bridgehead atoms. The average Bonchev–Trinajstić information content (AvgIpc) is 3.08. The number of hydrogen-bond donors (Lipinski definition) is 1. The molecule has 9 atom stereocenters. The van der Waals surface area contributed by atoms with Crippen LogP contribution in [0.25, 0.3) is 0 Å². The number of fused-ring (bicyclic) bond motifs is 7. The van der Waals surface area contributed by atoms with E-state index in [9.17, 15) is 15.2 Å². The van der Waals surface area contributed by atoms with Crippen molar-refractivity contribution >= 4 is 5.97 Å². The van der Waals surface area contributed by atoms with Crippen molar-refractivity contribution < 1.29 is 14.6 Å². The molecule has 2 saturated carbocycles. The highest BCUT2D eigenvalue weighted by atomic mass is 16.5. The summed E-state index contributed by atoms with van der Waals surface area (Å²) in [5, 5.41) is 20.5. The van der Waals surface area contributed by atoms with Crippen LogP contribution in [-0.2, 0) is 9.53 Å². The number of carbonyl (C=O) groups excluding carboxylic acids is 1. The molecule has 0 aliphatic heterocycles. The molecule has 4 nitrogen and oxygen atoms in total. The molecule has 190 valence electrons. The minimum Gasteiger partial charge on any atom is -0.469 e. The Morgan fingerprint density at radius 1 is 1.17 bits per heavy atom. The second kappa shape index (κ2) is 7.58. The molecule has 0 aromatic carbocycles. The van der Waals surface area contributed by atoms with Gasteiger partial charge in [-0.05, 0) is 73.0 Å². The summed E-state index contributed by atoms with van der Waals surface area (Å²) >= 11 is 0. The van der Waals surface area contributed by atoms with Gasteiger partial charge in [-0.15, -0.1) is 0 Å². The van der Waals surface area contributed by atoms with E-state index in [-0.39, 0.29) is 40.7 Å². The number of hydrogen-bond acceptors (Lipinski definition) is 4. The Labute approximate surface area is 211 Å². The molecule has 0 aromatic rings. The van der Waals surface area contributed by atoms with Gasteiger partial charge in [0.15, 0.2) is 0 Å². The number of nitriles is 1. The van der Waals surface area contributed by atoms with Gasteiger partial charge < -0.3 is 9.84 Å². The summed E-state index contributed by atoms with van der Waals surface area (Å²) in [4.78, 5) is 13.4. The SMILES string of the molecule is COC(=O)[C@]12CC[C@@H](C)[C@H](C)[C@@H]1C1=CC[C@@H]3[C@@]4(C)C(C#N)=C[C@@](C)(CO)C4=CC[C@@]3(C)[C@]1(C)CC2. The zero-order chi connectivity index (χ0) is 25.6. The molecule has 0 heterocycles. The summed E-state index contributed by atoms with van der Waals surface area (Å²) in [5.41, 5.74) is 2.20. The molecule has 0 unspecified atom stereocenters. The van der Waals surface area contributed by atoms with Crippen LogP contribution in [0.15, 0.2) is 34.9 Å². The molecule has 35 heavy (non-hydrogen) atoms. The van der Waals surface area contributed by atoms with Gasteiger partial charge in [-0.3, -0.25) is 4.79 Å². The van der Waals surface area contributed by atoms with E-state index in [4.69, 9.17) is 4.74 Å². The molecule has 5 rings (SSSR count). The topological polar surface area (TPSA) is 70.3 Å². The van der Waals surface area contributed by atoms with Gasteiger partial charge in [0, 0.05) is 16.4 Å². The number of nitrogens with zero attached hydrogens (tertiary/aromatic N) is 1. The summed E-state index contributed by atoms with van der Waals surface area (Å²) in [7, 11) is 1.56. The summed E-state index contributed by atoms with van der Waals surface area (Å²) in [6, 6.07) is 2.54. The lowest BCUT2D eigenvalue weighted by Gasteiger charge is -2.67. The third kappa shape index (κ3) is 2.74. The fourth-order valence-corrected chi connectivity index (χ4v) is 9.89. The van der Waals surface area contributed by atoms with Crippen LogP contribution in [0, 0.1) is 62.1 Å². The van der Waals surface area contributed by atoms with Crippen LogP contribution in [-0.4, -0.2) is 24.8 Å². The zero-order valence-corrected chi connectivity index (χ0v) is 22.7. The second-order valence-electron chi connectivity index (χ2n) is 13.5. The zero-order valence-electron chi connectivity index (χ0n) is 22.7. The van der Waals surface area contributed by atoms with Crippen LogP contribution in [0.3, 0.4) is 0 Å². The number of aliphatic hydroxyl groups is 1. The lowest BCUT2D eigenvalue weighted by molar-refractivity contribution is -0.170. The summed E-state index contributed by atoms with van der Waals surface area (Å²) in [6.45, 7) is 14.0. The number of ether oxygens (including phenoxy) is 1. The minimum absolute atomic E-state index is 0.0153. The first-order valence-corrected chi connectivity index (χ1v) is 13.6. The number of methoxy groups -OCH3 is 1. The predicted octanol–water partition coefficient (Wildman–Crippen LogP) is 6.38. The maximum absolute atomic E-state index is 13.4. The van der Waals surface area contributed by atoms with Crippen LogP contribution in [0.4, 0.5) is 0 Å². The fraction of sp³-hybridized carbons (Fsp3) is 0.742. The molecular weight excluding hydrogens is 434 g/mol. The average molecular weight is 478 g/mol. The molecular formula is C31H43NO3.